The van der Waals surface area contributed by atoms with E-state index in [-0.39, 0.29) is 0 Å². The Morgan fingerprint density at radius 2 is 0.878 bits per heavy atom. The van der Waals surface area contributed by atoms with Crippen LogP contribution in [-0.2, 0) is 34.8 Å². The van der Waals surface area contributed by atoms with Crippen molar-refractivity contribution in [3.05, 3.63) is 24.3 Å². The van der Waals surface area contributed by atoms with Crippen molar-refractivity contribution in [2.75, 3.05) is 13.2 Å². The van der Waals surface area contributed by atoms with Crippen LogP contribution in [0.25, 0.3) is 0 Å². The number of hydrogen-bond donors (Lipinski definition) is 0. The summed E-state index contributed by atoms with van der Waals surface area (Å²) in [5.74, 6) is -2.03. The predicted molar refractivity (Wildman–Crippen MR) is 164 cm³/mol. The number of ether oxygens (including phenoxy) is 2. The van der Waals surface area contributed by atoms with Crippen LogP contribution in [0.3, 0.4) is 0 Å². The average molecular weight is 688 g/mol. The summed E-state index contributed by atoms with van der Waals surface area (Å²) in [7, 11) is 0. The van der Waals surface area contributed by atoms with Gasteiger partial charge in [-0.25, -0.2) is 0 Å². The maximum atomic E-state index is 12.8. The van der Waals surface area contributed by atoms with Crippen molar-refractivity contribution in [3.63, 3.8) is 0 Å². The second kappa shape index (κ2) is 24.7. The van der Waals surface area contributed by atoms with E-state index in [4.69, 9.17) is 15.6 Å². The van der Waals surface area contributed by atoms with Crippen LogP contribution in [0.4, 0.5) is 0 Å². The maximum absolute atomic E-state index is 12.8. The van der Waals surface area contributed by atoms with Gasteiger partial charge in [-0.1, -0.05) is 0 Å². The topological polar surface area (TPSA) is 105 Å². The van der Waals surface area contributed by atoms with Crippen molar-refractivity contribution in [2.24, 2.45) is 11.8 Å². The fourth-order valence-corrected chi connectivity index (χ4v) is 13.8. The van der Waals surface area contributed by atoms with Crippen molar-refractivity contribution < 1.29 is 34.8 Å². The third-order valence-electron chi connectivity index (χ3n) is 7.12. The molecule has 0 bridgehead atoms. The number of rotatable bonds is 24. The standard InChI is InChI=1S/2C12H20O4.2C4H9.Sn/c2*1-3-5-6-10(4-2)9-16-12(15)8-7-11(13)14;2*1-3-4-2;/h2*7-8,10H,3-6,9H2,1-2H3,(H,13,14);2*1,3-4H2,2H3;/q;;;;+2/p-2/b8-7+;8-7-;;;/t2*10-;;;/m10.../s1. The van der Waals surface area contributed by atoms with Gasteiger partial charge in [0, 0.05) is 0 Å². The summed E-state index contributed by atoms with van der Waals surface area (Å²) in [6, 6.07) is 0. The first-order valence-corrected chi connectivity index (χ1v) is 22.2. The Morgan fingerprint density at radius 1 is 0.537 bits per heavy atom. The van der Waals surface area contributed by atoms with Gasteiger partial charge in [0.2, 0.25) is 0 Å². The van der Waals surface area contributed by atoms with E-state index in [9.17, 15) is 19.2 Å². The first kappa shape index (κ1) is 39.2. The number of hydrogen-bond acceptors (Lipinski definition) is 8. The normalized spacial score (nSPS) is 13.2. The van der Waals surface area contributed by atoms with Crippen LogP contribution >= 0.6 is 0 Å². The second-order valence-corrected chi connectivity index (χ2v) is 19.9. The van der Waals surface area contributed by atoms with E-state index in [0.717, 1.165) is 101 Å². The Kier molecular flexibility index (Phi) is 23.6. The van der Waals surface area contributed by atoms with E-state index in [1.165, 1.54) is 0 Å². The Balaban J connectivity index is 5.30. The predicted octanol–water partition coefficient (Wildman–Crippen LogP) is 7.75. The molecule has 0 heterocycles. The van der Waals surface area contributed by atoms with Crippen LogP contribution in [0.1, 0.15) is 119 Å². The van der Waals surface area contributed by atoms with Crippen molar-refractivity contribution in [3.8, 4) is 0 Å². The van der Waals surface area contributed by atoms with E-state index in [2.05, 4.69) is 27.7 Å². The van der Waals surface area contributed by atoms with Crippen molar-refractivity contribution >= 4 is 43.1 Å². The first-order valence-electron chi connectivity index (χ1n) is 15.8. The summed E-state index contributed by atoms with van der Waals surface area (Å²) in [5.41, 5.74) is 0. The number of esters is 2. The molecule has 9 heteroatoms. The molecule has 0 fully saturated rings. The Labute approximate surface area is 253 Å². The zero-order valence-corrected chi connectivity index (χ0v) is 29.4. The molecule has 2 atom stereocenters. The molecule has 0 amide bonds. The minimum atomic E-state index is -4.26. The van der Waals surface area contributed by atoms with Gasteiger partial charge in [0.15, 0.2) is 0 Å². The minimum absolute atomic E-state index is 0.296. The van der Waals surface area contributed by atoms with E-state index in [1.807, 2.05) is 13.8 Å². The van der Waals surface area contributed by atoms with Crippen molar-refractivity contribution in [1.29, 1.82) is 0 Å². The van der Waals surface area contributed by atoms with Crippen LogP contribution < -0.4 is 0 Å². The van der Waals surface area contributed by atoms with Gasteiger partial charge in [-0.15, -0.1) is 0 Å². The molecule has 0 N–H and O–H groups in total. The monoisotopic (exact) mass is 688 g/mol. The quantitative estimate of drug-likeness (QED) is 0.0577. The summed E-state index contributed by atoms with van der Waals surface area (Å²) in [5, 5.41) is 0. The molecule has 8 nitrogen and oxygen atoms in total. The Morgan fingerprint density at radius 3 is 1.20 bits per heavy atom. The van der Waals surface area contributed by atoms with E-state index in [1.54, 1.807) is 0 Å². The summed E-state index contributed by atoms with van der Waals surface area (Å²) >= 11 is -4.26. The molecule has 0 aromatic rings. The van der Waals surface area contributed by atoms with Crippen LogP contribution in [0.15, 0.2) is 24.3 Å². The molecule has 0 unspecified atom stereocenters. The van der Waals surface area contributed by atoms with Crippen LogP contribution in [-0.4, -0.2) is 56.3 Å². The average Bonchev–Trinajstić information content (AvgIpc) is 2.97. The molecule has 0 aromatic carbocycles. The first-order chi connectivity index (χ1) is 19.7. The molecule has 0 radical (unpaired) electrons. The van der Waals surface area contributed by atoms with Crippen molar-refractivity contribution in [1.82, 2.24) is 0 Å². The third kappa shape index (κ3) is 19.8. The molecular weight excluding hydrogens is 631 g/mol. The molecule has 236 valence electrons. The van der Waals surface area contributed by atoms with Gasteiger partial charge in [0.1, 0.15) is 0 Å². The molecule has 0 spiro atoms. The summed E-state index contributed by atoms with van der Waals surface area (Å²) < 4.78 is 23.4. The number of unbranched alkanes of at least 4 members (excludes halogenated alkanes) is 4. The summed E-state index contributed by atoms with van der Waals surface area (Å²) in [6.45, 7) is 13.0. The van der Waals surface area contributed by atoms with Crippen LogP contribution in [0.5, 0.6) is 0 Å². The molecule has 0 aliphatic carbocycles. The number of carbonyl (C=O) groups excluding carboxylic acids is 4. The van der Waals surface area contributed by atoms with E-state index in [0.29, 0.717) is 33.9 Å². The van der Waals surface area contributed by atoms with Gasteiger partial charge < -0.3 is 0 Å². The van der Waals surface area contributed by atoms with Gasteiger partial charge in [-0.3, -0.25) is 0 Å². The molecule has 0 saturated heterocycles. The molecule has 0 aromatic heterocycles. The second-order valence-electron chi connectivity index (χ2n) is 10.7. The van der Waals surface area contributed by atoms with Crippen molar-refractivity contribution in [2.45, 2.75) is 127 Å². The van der Waals surface area contributed by atoms with Gasteiger partial charge in [-0.05, 0) is 0 Å². The number of carbonyl (C=O) groups is 4. The Hall–Kier alpha value is -1.84. The Bertz CT molecular complexity index is 742. The fourth-order valence-electron chi connectivity index (χ4n) is 4.24. The van der Waals surface area contributed by atoms with Gasteiger partial charge in [-0.2, -0.15) is 0 Å². The van der Waals surface area contributed by atoms with Gasteiger partial charge in [0.05, 0.1) is 0 Å². The van der Waals surface area contributed by atoms with E-state index < -0.39 is 43.1 Å². The molecular formula is C32H56O8Sn. The van der Waals surface area contributed by atoms with Gasteiger partial charge in [0.25, 0.3) is 0 Å². The summed E-state index contributed by atoms with van der Waals surface area (Å²) in [6.07, 6.45) is 15.6. The van der Waals surface area contributed by atoms with Crippen LogP contribution in [0.2, 0.25) is 8.87 Å². The molecule has 0 aliphatic heterocycles. The van der Waals surface area contributed by atoms with E-state index >= 15 is 0 Å². The zero-order chi connectivity index (χ0) is 30.9. The van der Waals surface area contributed by atoms with Gasteiger partial charge >= 0.3 is 255 Å². The molecule has 0 saturated carbocycles. The molecule has 41 heavy (non-hydrogen) atoms. The molecule has 0 aliphatic rings. The fraction of sp³-hybridized carbons (Fsp3) is 0.750. The zero-order valence-electron chi connectivity index (χ0n) is 26.5. The third-order valence-corrected chi connectivity index (χ3v) is 16.8. The summed E-state index contributed by atoms with van der Waals surface area (Å²) in [4.78, 5) is 50.0. The van der Waals surface area contributed by atoms with Crippen LogP contribution in [0, 0.1) is 11.8 Å². The molecule has 0 rings (SSSR count). The SMILES string of the molecule is CCCC[C@@H](CC)COC(=O)/C=C/C(=O)[O][Sn]([CH2]CCC)([CH2]CCC)[O]C(=O)/C=C\C(=O)OC[C@@H](CC)CCCC.